The van der Waals surface area contributed by atoms with Gasteiger partial charge in [0.1, 0.15) is 0 Å². The van der Waals surface area contributed by atoms with Gasteiger partial charge in [-0.15, -0.1) is 0 Å². The molecule has 0 saturated carbocycles. The van der Waals surface area contributed by atoms with Crippen molar-refractivity contribution in [2.24, 2.45) is 5.92 Å². The Kier molecular flexibility index (Phi) is 3.54. The number of hydrogen-bond donors (Lipinski definition) is 0. The van der Waals surface area contributed by atoms with Crippen LogP contribution in [0.3, 0.4) is 0 Å². The third-order valence-corrected chi connectivity index (χ3v) is 3.93. The van der Waals surface area contributed by atoms with Crippen LogP contribution in [-0.4, -0.2) is 40.2 Å². The smallest absolute Gasteiger partial charge is 0.338 e. The quantitative estimate of drug-likeness (QED) is 0.812. The van der Waals surface area contributed by atoms with E-state index in [0.717, 1.165) is 0 Å². The van der Waals surface area contributed by atoms with Crippen LogP contribution in [0.2, 0.25) is 0 Å². The maximum Gasteiger partial charge on any atom is 0.393 e. The molecule has 3 rings (SSSR count). The number of alkyl halides is 3. The Balaban J connectivity index is 1.84. The summed E-state index contributed by atoms with van der Waals surface area (Å²) in [6, 6.07) is 1.56. The van der Waals surface area contributed by atoms with Crippen LogP contribution in [-0.2, 0) is 0 Å². The summed E-state index contributed by atoms with van der Waals surface area (Å²) in [7, 11) is 0. The second-order valence-corrected chi connectivity index (χ2v) is 5.48. The summed E-state index contributed by atoms with van der Waals surface area (Å²) in [6.45, 7) is 1.73. The Morgan fingerprint density at radius 3 is 2.95 bits per heavy atom. The van der Waals surface area contributed by atoms with Crippen LogP contribution in [0, 0.1) is 12.8 Å². The minimum atomic E-state index is -4.27. The summed E-state index contributed by atoms with van der Waals surface area (Å²) in [5.41, 5.74) is 1.14. The van der Waals surface area contributed by atoms with Gasteiger partial charge in [0.2, 0.25) is 0 Å². The first-order valence-corrected chi connectivity index (χ1v) is 6.94. The van der Waals surface area contributed by atoms with E-state index in [2.05, 4.69) is 10.1 Å². The number of carbonyl (C=O) groups is 1. The van der Waals surface area contributed by atoms with Gasteiger partial charge < -0.3 is 9.42 Å². The second kappa shape index (κ2) is 5.26. The van der Waals surface area contributed by atoms with Crippen LogP contribution < -0.4 is 0 Å². The van der Waals surface area contributed by atoms with Gasteiger partial charge in [-0.05, 0) is 25.8 Å². The monoisotopic (exact) mass is 313 g/mol. The van der Waals surface area contributed by atoms with Gasteiger partial charge in [0.05, 0.1) is 22.6 Å². The number of fused-ring (bicyclic) bond motifs is 1. The number of amides is 1. The molecule has 0 N–H and O–H groups in total. The van der Waals surface area contributed by atoms with Gasteiger partial charge in [0.25, 0.3) is 11.6 Å². The molecule has 2 aromatic rings. The number of hydrogen-bond acceptors (Lipinski definition) is 4. The van der Waals surface area contributed by atoms with Gasteiger partial charge in [-0.25, -0.2) is 4.98 Å². The predicted molar refractivity (Wildman–Crippen MR) is 71.2 cm³/mol. The molecule has 1 aliphatic heterocycles. The molecule has 1 amide bonds. The first kappa shape index (κ1) is 14.8. The molecule has 0 bridgehead atoms. The Hall–Kier alpha value is -2.12. The Morgan fingerprint density at radius 2 is 2.23 bits per heavy atom. The minimum Gasteiger partial charge on any atom is -0.338 e. The normalized spacial score (nSPS) is 19.6. The average molecular weight is 313 g/mol. The van der Waals surface area contributed by atoms with E-state index in [-0.39, 0.29) is 18.5 Å². The van der Waals surface area contributed by atoms with Gasteiger partial charge in [0.15, 0.2) is 0 Å². The van der Waals surface area contributed by atoms with Crippen molar-refractivity contribution in [2.75, 3.05) is 13.1 Å². The number of nitrogens with zero attached hydrogens (tertiary/aromatic N) is 3. The lowest BCUT2D eigenvalue weighted by Gasteiger charge is -2.33. The van der Waals surface area contributed by atoms with E-state index in [1.54, 1.807) is 13.0 Å². The summed E-state index contributed by atoms with van der Waals surface area (Å²) in [4.78, 5) is 17.6. The highest BCUT2D eigenvalue weighted by molar-refractivity contribution is 5.97. The van der Waals surface area contributed by atoms with E-state index in [1.807, 2.05) is 0 Å². The van der Waals surface area contributed by atoms with E-state index in [1.165, 1.54) is 11.1 Å². The third kappa shape index (κ3) is 2.65. The van der Waals surface area contributed by atoms with Crippen LogP contribution in [0.4, 0.5) is 13.2 Å². The van der Waals surface area contributed by atoms with Gasteiger partial charge >= 0.3 is 6.18 Å². The van der Waals surface area contributed by atoms with Crippen molar-refractivity contribution < 1.29 is 22.5 Å². The molecule has 118 valence electrons. The number of likely N-dealkylation sites (tertiary alicyclic amines) is 1. The number of pyridine rings is 1. The van der Waals surface area contributed by atoms with Crippen LogP contribution >= 0.6 is 0 Å². The number of halogens is 3. The van der Waals surface area contributed by atoms with Crippen LogP contribution in [0.1, 0.15) is 28.9 Å². The molecule has 1 unspecified atom stereocenters. The number of carbonyl (C=O) groups excluding carboxylic acids is 1. The number of aryl methyl sites for hydroxylation is 1. The van der Waals surface area contributed by atoms with Crippen molar-refractivity contribution >= 4 is 17.0 Å². The summed E-state index contributed by atoms with van der Waals surface area (Å²) in [6.07, 6.45) is -2.55. The lowest BCUT2D eigenvalue weighted by atomic mass is 9.97. The molecule has 22 heavy (non-hydrogen) atoms. The summed E-state index contributed by atoms with van der Waals surface area (Å²) in [5.74, 6) is -1.90. The molecular formula is C14H14F3N3O2. The van der Waals surface area contributed by atoms with Gasteiger partial charge in [0, 0.05) is 19.3 Å². The van der Waals surface area contributed by atoms with Crippen LogP contribution in [0.15, 0.2) is 16.8 Å². The fourth-order valence-electron chi connectivity index (χ4n) is 2.67. The first-order valence-electron chi connectivity index (χ1n) is 6.94. The largest absolute Gasteiger partial charge is 0.393 e. The lowest BCUT2D eigenvalue weighted by Crippen LogP contribution is -2.44. The number of piperidine rings is 1. The van der Waals surface area contributed by atoms with E-state index < -0.39 is 18.0 Å². The molecule has 5 nitrogen and oxygen atoms in total. The topological polar surface area (TPSA) is 59.2 Å². The fourth-order valence-corrected chi connectivity index (χ4v) is 2.67. The van der Waals surface area contributed by atoms with Gasteiger partial charge in [-0.3, -0.25) is 4.79 Å². The van der Waals surface area contributed by atoms with Gasteiger partial charge in [-0.2, -0.15) is 13.2 Å². The van der Waals surface area contributed by atoms with Crippen LogP contribution in [0.5, 0.6) is 0 Å². The third-order valence-electron chi connectivity index (χ3n) is 3.93. The molecule has 0 aromatic carbocycles. The van der Waals surface area contributed by atoms with E-state index in [4.69, 9.17) is 4.52 Å². The standard InChI is InChI=1S/C14H14F3N3O2/c1-8-11-5-9(6-18-12(11)22-19-8)13(21)20-4-2-3-10(7-20)14(15,16)17/h5-6,10H,2-4,7H2,1H3. The van der Waals surface area contributed by atoms with Crippen molar-refractivity contribution in [1.29, 1.82) is 0 Å². The molecular weight excluding hydrogens is 299 g/mol. The zero-order chi connectivity index (χ0) is 15.9. The Labute approximate surface area is 124 Å². The molecule has 2 aromatic heterocycles. The van der Waals surface area contributed by atoms with Crippen LogP contribution in [0.25, 0.3) is 11.1 Å². The molecule has 1 saturated heterocycles. The molecule has 0 spiro atoms. The van der Waals surface area contributed by atoms with Gasteiger partial charge in [-0.1, -0.05) is 5.16 Å². The predicted octanol–water partition coefficient (Wildman–Crippen LogP) is 2.95. The molecule has 1 aliphatic rings. The molecule has 8 heteroatoms. The van der Waals surface area contributed by atoms with Crippen molar-refractivity contribution in [2.45, 2.75) is 25.9 Å². The molecule has 0 radical (unpaired) electrons. The lowest BCUT2D eigenvalue weighted by molar-refractivity contribution is -0.184. The maximum absolute atomic E-state index is 12.8. The van der Waals surface area contributed by atoms with Crippen molar-refractivity contribution in [1.82, 2.24) is 15.0 Å². The highest BCUT2D eigenvalue weighted by Gasteiger charge is 2.42. The first-order chi connectivity index (χ1) is 10.4. The molecule has 1 atom stereocenters. The highest BCUT2D eigenvalue weighted by Crippen LogP contribution is 2.33. The zero-order valence-electron chi connectivity index (χ0n) is 11.9. The van der Waals surface area contributed by atoms with Crippen molar-refractivity contribution in [3.63, 3.8) is 0 Å². The minimum absolute atomic E-state index is 0.0648. The molecule has 3 heterocycles. The number of rotatable bonds is 1. The zero-order valence-corrected chi connectivity index (χ0v) is 11.9. The highest BCUT2D eigenvalue weighted by atomic mass is 19.4. The van der Waals surface area contributed by atoms with Crippen molar-refractivity contribution in [3.8, 4) is 0 Å². The van der Waals surface area contributed by atoms with E-state index in [9.17, 15) is 18.0 Å². The number of aromatic nitrogens is 2. The van der Waals surface area contributed by atoms with E-state index >= 15 is 0 Å². The molecule has 0 aliphatic carbocycles. The average Bonchev–Trinajstić information content (AvgIpc) is 2.87. The summed E-state index contributed by atoms with van der Waals surface area (Å²) >= 11 is 0. The SMILES string of the molecule is Cc1noc2ncc(C(=O)N3CCCC(C(F)(F)F)C3)cc12. The summed E-state index contributed by atoms with van der Waals surface area (Å²) in [5, 5.41) is 4.33. The summed E-state index contributed by atoms with van der Waals surface area (Å²) < 4.78 is 43.4. The molecule has 1 fully saturated rings. The fraction of sp³-hybridized carbons (Fsp3) is 0.500. The Morgan fingerprint density at radius 1 is 1.45 bits per heavy atom. The maximum atomic E-state index is 12.8. The van der Waals surface area contributed by atoms with Crippen molar-refractivity contribution in [3.05, 3.63) is 23.5 Å². The van der Waals surface area contributed by atoms with E-state index in [0.29, 0.717) is 29.8 Å². The second-order valence-electron chi connectivity index (χ2n) is 5.48. The Bertz CT molecular complexity index is 711.